The molecular formula is C9H14N4OS. The van der Waals surface area contributed by atoms with Gasteiger partial charge in [0.1, 0.15) is 0 Å². The van der Waals surface area contributed by atoms with Crippen LogP contribution >= 0.6 is 11.8 Å². The number of hydrogen-bond donors (Lipinski definition) is 3. The fourth-order valence-corrected chi connectivity index (χ4v) is 1.90. The monoisotopic (exact) mass is 226 g/mol. The summed E-state index contributed by atoms with van der Waals surface area (Å²) < 4.78 is 0. The van der Waals surface area contributed by atoms with Crippen LogP contribution in [0.3, 0.4) is 0 Å². The van der Waals surface area contributed by atoms with Gasteiger partial charge in [0.05, 0.1) is 11.9 Å². The number of amides is 1. The van der Waals surface area contributed by atoms with Crippen LogP contribution in [0, 0.1) is 0 Å². The summed E-state index contributed by atoms with van der Waals surface area (Å²) in [5.74, 6) is 5.65. The Hall–Kier alpha value is -1.27. The van der Waals surface area contributed by atoms with Crippen LogP contribution < -0.4 is 17.0 Å². The number of carbonyl (C=O) groups is 1. The van der Waals surface area contributed by atoms with Gasteiger partial charge in [-0.05, 0) is 18.2 Å². The molecule has 5 nitrogen and oxygen atoms in total. The number of nitrogen functional groups attached to an aromatic ring is 1. The minimum absolute atomic E-state index is 0.140. The molecule has 15 heavy (non-hydrogen) atoms. The molecule has 1 amide bonds. The molecule has 0 aromatic carbocycles. The lowest BCUT2D eigenvalue weighted by Gasteiger charge is -2.03. The van der Waals surface area contributed by atoms with Gasteiger partial charge in [-0.15, -0.1) is 11.8 Å². The normalized spacial score (nSPS) is 9.93. The van der Waals surface area contributed by atoms with Crippen molar-refractivity contribution in [3.63, 3.8) is 0 Å². The molecule has 0 aliphatic rings. The Morgan fingerprint density at radius 3 is 3.07 bits per heavy atom. The Labute approximate surface area is 92.6 Å². The van der Waals surface area contributed by atoms with Gasteiger partial charge in [-0.3, -0.25) is 15.2 Å². The maximum Gasteiger partial charge on any atom is 0.233 e. The number of nitrogens with one attached hydrogen (secondary N) is 1. The van der Waals surface area contributed by atoms with Crippen molar-refractivity contribution in [2.75, 3.05) is 11.5 Å². The first kappa shape index (κ1) is 11.8. The number of nitrogens with zero attached hydrogens (tertiary/aromatic N) is 1. The van der Waals surface area contributed by atoms with Crippen molar-refractivity contribution >= 4 is 23.4 Å². The number of aromatic nitrogens is 1. The van der Waals surface area contributed by atoms with Crippen LogP contribution in [-0.2, 0) is 4.79 Å². The summed E-state index contributed by atoms with van der Waals surface area (Å²) in [7, 11) is 0. The van der Waals surface area contributed by atoms with Crippen LogP contribution in [0.2, 0.25) is 0 Å². The van der Waals surface area contributed by atoms with Crippen molar-refractivity contribution in [2.24, 2.45) is 5.84 Å². The molecule has 0 radical (unpaired) electrons. The second-order valence-electron chi connectivity index (χ2n) is 2.93. The van der Waals surface area contributed by atoms with E-state index in [0.717, 1.165) is 17.1 Å². The van der Waals surface area contributed by atoms with Crippen LogP contribution in [0.4, 0.5) is 5.69 Å². The van der Waals surface area contributed by atoms with Crippen LogP contribution in [-0.4, -0.2) is 16.6 Å². The molecule has 0 unspecified atom stereocenters. The molecule has 0 saturated carbocycles. The van der Waals surface area contributed by atoms with Gasteiger partial charge >= 0.3 is 0 Å². The standard InChI is InChI=1S/C9H14N4OS/c10-7-6-12-4-3-8(7)15-5-1-2-9(14)13-11/h3-4,6H,1-2,5,10-11H2,(H,13,14). The van der Waals surface area contributed by atoms with E-state index in [0.29, 0.717) is 12.1 Å². The highest BCUT2D eigenvalue weighted by Crippen LogP contribution is 2.24. The molecule has 1 rings (SSSR count). The molecule has 1 aromatic heterocycles. The minimum Gasteiger partial charge on any atom is -0.397 e. The Morgan fingerprint density at radius 2 is 2.40 bits per heavy atom. The average molecular weight is 226 g/mol. The number of carbonyl (C=O) groups excluding carboxylic acids is 1. The predicted molar refractivity (Wildman–Crippen MR) is 60.9 cm³/mol. The molecule has 0 saturated heterocycles. The molecule has 0 fully saturated rings. The maximum absolute atomic E-state index is 10.8. The quantitative estimate of drug-likeness (QED) is 0.224. The van der Waals surface area contributed by atoms with Gasteiger partial charge in [-0.2, -0.15) is 0 Å². The molecular weight excluding hydrogens is 212 g/mol. The second kappa shape index (κ2) is 6.26. The van der Waals surface area contributed by atoms with Gasteiger partial charge in [-0.1, -0.05) is 0 Å². The average Bonchev–Trinajstić information content (AvgIpc) is 2.26. The van der Waals surface area contributed by atoms with E-state index in [4.69, 9.17) is 11.6 Å². The third kappa shape index (κ3) is 4.18. The zero-order valence-corrected chi connectivity index (χ0v) is 9.09. The van der Waals surface area contributed by atoms with E-state index in [2.05, 4.69) is 10.4 Å². The number of pyridine rings is 1. The summed E-state index contributed by atoms with van der Waals surface area (Å²) >= 11 is 1.61. The van der Waals surface area contributed by atoms with Gasteiger partial charge in [-0.25, -0.2) is 5.84 Å². The molecule has 0 atom stereocenters. The molecule has 0 bridgehead atoms. The summed E-state index contributed by atoms with van der Waals surface area (Å²) in [6, 6.07) is 1.86. The molecule has 0 spiro atoms. The number of thioether (sulfide) groups is 1. The highest BCUT2D eigenvalue weighted by Gasteiger charge is 2.01. The molecule has 5 N–H and O–H groups in total. The van der Waals surface area contributed by atoms with E-state index >= 15 is 0 Å². The molecule has 82 valence electrons. The SMILES string of the molecule is NNC(=O)CCCSc1ccncc1N. The summed E-state index contributed by atoms with van der Waals surface area (Å²) in [6.07, 6.45) is 4.53. The third-order valence-electron chi connectivity index (χ3n) is 1.78. The summed E-state index contributed by atoms with van der Waals surface area (Å²) in [5.41, 5.74) is 8.47. The van der Waals surface area contributed by atoms with E-state index in [9.17, 15) is 4.79 Å². The Kier molecular flexibility index (Phi) is 4.92. The van der Waals surface area contributed by atoms with Gasteiger partial charge < -0.3 is 5.73 Å². The van der Waals surface area contributed by atoms with Crippen LogP contribution in [0.25, 0.3) is 0 Å². The van der Waals surface area contributed by atoms with Crippen molar-refractivity contribution in [3.05, 3.63) is 18.5 Å². The highest BCUT2D eigenvalue weighted by atomic mass is 32.2. The van der Waals surface area contributed by atoms with Crippen molar-refractivity contribution in [1.82, 2.24) is 10.4 Å². The molecule has 1 aromatic rings. The summed E-state index contributed by atoms with van der Waals surface area (Å²) in [5, 5.41) is 0. The van der Waals surface area contributed by atoms with Gasteiger partial charge in [0.25, 0.3) is 0 Å². The third-order valence-corrected chi connectivity index (χ3v) is 2.95. The minimum atomic E-state index is -0.140. The van der Waals surface area contributed by atoms with Gasteiger partial charge in [0, 0.05) is 17.5 Å². The lowest BCUT2D eigenvalue weighted by molar-refractivity contribution is -0.121. The van der Waals surface area contributed by atoms with Crippen molar-refractivity contribution in [3.8, 4) is 0 Å². The fourth-order valence-electron chi connectivity index (χ4n) is 1.01. The van der Waals surface area contributed by atoms with E-state index in [1.54, 1.807) is 24.2 Å². The molecule has 6 heteroatoms. The molecule has 1 heterocycles. The van der Waals surface area contributed by atoms with Gasteiger partial charge in [0.15, 0.2) is 0 Å². The smallest absolute Gasteiger partial charge is 0.233 e. The lowest BCUT2D eigenvalue weighted by atomic mass is 10.3. The van der Waals surface area contributed by atoms with Crippen molar-refractivity contribution in [2.45, 2.75) is 17.7 Å². The van der Waals surface area contributed by atoms with E-state index in [-0.39, 0.29) is 5.91 Å². The Morgan fingerprint density at radius 1 is 1.60 bits per heavy atom. The maximum atomic E-state index is 10.8. The Bertz CT molecular complexity index is 332. The summed E-state index contributed by atoms with van der Waals surface area (Å²) in [6.45, 7) is 0. The van der Waals surface area contributed by atoms with Crippen molar-refractivity contribution < 1.29 is 4.79 Å². The first-order valence-electron chi connectivity index (χ1n) is 4.55. The lowest BCUT2D eigenvalue weighted by Crippen LogP contribution is -2.29. The van der Waals surface area contributed by atoms with Crippen molar-refractivity contribution in [1.29, 1.82) is 0 Å². The first-order chi connectivity index (χ1) is 7.24. The highest BCUT2D eigenvalue weighted by molar-refractivity contribution is 7.99. The number of hydrogen-bond acceptors (Lipinski definition) is 5. The Balaban J connectivity index is 2.26. The number of anilines is 1. The van der Waals surface area contributed by atoms with E-state index in [1.807, 2.05) is 6.07 Å². The molecule has 0 aliphatic heterocycles. The zero-order chi connectivity index (χ0) is 11.1. The predicted octanol–water partition coefficient (Wildman–Crippen LogP) is 0.526. The summed E-state index contributed by atoms with van der Waals surface area (Å²) in [4.78, 5) is 15.7. The van der Waals surface area contributed by atoms with Crippen LogP contribution in [0.15, 0.2) is 23.4 Å². The number of rotatable bonds is 5. The van der Waals surface area contributed by atoms with E-state index in [1.165, 1.54) is 0 Å². The number of nitrogens with two attached hydrogens (primary N) is 2. The van der Waals surface area contributed by atoms with E-state index < -0.39 is 0 Å². The fraction of sp³-hybridized carbons (Fsp3) is 0.333. The second-order valence-corrected chi connectivity index (χ2v) is 4.07. The number of hydrazine groups is 1. The van der Waals surface area contributed by atoms with Gasteiger partial charge in [0.2, 0.25) is 5.91 Å². The first-order valence-corrected chi connectivity index (χ1v) is 5.54. The topological polar surface area (TPSA) is 94.0 Å². The zero-order valence-electron chi connectivity index (χ0n) is 8.27. The van der Waals surface area contributed by atoms with Crippen LogP contribution in [0.1, 0.15) is 12.8 Å². The molecule has 0 aliphatic carbocycles. The largest absolute Gasteiger partial charge is 0.397 e. The van der Waals surface area contributed by atoms with Crippen LogP contribution in [0.5, 0.6) is 0 Å².